The van der Waals surface area contributed by atoms with Crippen molar-refractivity contribution >= 4 is 64.1 Å². The summed E-state index contributed by atoms with van der Waals surface area (Å²) >= 11 is 13.3. The zero-order valence-electron chi connectivity index (χ0n) is 26.6. The molecule has 14 heteroatoms. The second-order valence-electron chi connectivity index (χ2n) is 11.9. The van der Waals surface area contributed by atoms with E-state index in [2.05, 4.69) is 20.4 Å². The van der Waals surface area contributed by atoms with Crippen LogP contribution in [0.5, 0.6) is 5.75 Å². The molecule has 252 valence electrons. The van der Waals surface area contributed by atoms with Gasteiger partial charge in [0, 0.05) is 35.5 Å². The minimum absolute atomic E-state index is 0.0357. The Morgan fingerprint density at radius 1 is 1.10 bits per heavy atom. The zero-order valence-corrected chi connectivity index (χ0v) is 28.1. The summed E-state index contributed by atoms with van der Waals surface area (Å²) in [5.41, 5.74) is 6.36. The summed E-state index contributed by atoms with van der Waals surface area (Å²) in [5, 5.41) is 12.5. The molecule has 0 spiro atoms. The first-order chi connectivity index (χ1) is 23.7. The second-order valence-corrected chi connectivity index (χ2v) is 12.8. The molecule has 2 bridgehead atoms. The monoisotopic (exact) mass is 704 g/mol. The van der Waals surface area contributed by atoms with Crippen LogP contribution >= 0.6 is 23.2 Å². The molecule has 2 fully saturated rings. The number of carbonyl (C=O) groups excluding carboxylic acids is 2. The van der Waals surface area contributed by atoms with Crippen molar-refractivity contribution in [3.8, 4) is 16.9 Å². The number of hydrazone groups is 1. The highest BCUT2D eigenvalue weighted by Crippen LogP contribution is 2.43. The molecule has 0 radical (unpaired) electrons. The van der Waals surface area contributed by atoms with Crippen LogP contribution in [0.15, 0.2) is 58.6 Å². The molecule has 11 nitrogen and oxygen atoms in total. The topological polar surface area (TPSA) is 129 Å². The van der Waals surface area contributed by atoms with Crippen molar-refractivity contribution in [2.45, 2.75) is 31.5 Å². The number of esters is 1. The van der Waals surface area contributed by atoms with Gasteiger partial charge in [0.25, 0.3) is 5.91 Å². The van der Waals surface area contributed by atoms with E-state index in [-0.39, 0.29) is 57.9 Å². The van der Waals surface area contributed by atoms with Gasteiger partial charge >= 0.3 is 5.97 Å². The van der Waals surface area contributed by atoms with Crippen LogP contribution in [0.1, 0.15) is 44.7 Å². The number of amidine groups is 1. The molecule has 7 rings (SSSR count). The summed E-state index contributed by atoms with van der Waals surface area (Å²) < 4.78 is 32.8. The van der Waals surface area contributed by atoms with Crippen LogP contribution < -0.4 is 15.1 Å². The predicted octanol–water partition coefficient (Wildman–Crippen LogP) is 5.97. The standard InChI is InChI=1S/C35H31Cl2FN6O5/c1-40-42-31-22(8-9-41-33(31)39)19-10-26(36)30(27(37)11-19)34(45)43-14-18-4-3-5-23(32(18)49-17-43)24-13-29(25(12-28(24)38)35(46)47-2)44-20-6-7-21(44)16-48-15-20/h3-5,8-13,20-21,39-40H,6-7,14-17H2,1-2H3/b39-33?,42-31-. The van der Waals surface area contributed by atoms with Crippen molar-refractivity contribution < 1.29 is 28.2 Å². The van der Waals surface area contributed by atoms with Gasteiger partial charge in [0.05, 0.1) is 65.8 Å². The number of nitrogens with zero attached hydrogens (tertiary/aromatic N) is 4. The molecule has 3 aromatic rings. The fourth-order valence-corrected chi connectivity index (χ4v) is 7.54. The molecule has 2 saturated heterocycles. The highest BCUT2D eigenvalue weighted by atomic mass is 35.5. The molecule has 4 heterocycles. The number of para-hydroxylation sites is 1. The fraction of sp³-hybridized carbons (Fsp3) is 0.286. The maximum atomic E-state index is 15.9. The lowest BCUT2D eigenvalue weighted by Crippen LogP contribution is -2.46. The van der Waals surface area contributed by atoms with Gasteiger partial charge in [0.2, 0.25) is 0 Å². The van der Waals surface area contributed by atoms with Crippen molar-refractivity contribution in [3.05, 3.63) is 86.7 Å². The van der Waals surface area contributed by atoms with Crippen molar-refractivity contribution in [3.63, 3.8) is 0 Å². The van der Waals surface area contributed by atoms with E-state index in [1.807, 2.05) is 6.07 Å². The number of carbonyl (C=O) groups is 2. The van der Waals surface area contributed by atoms with Gasteiger partial charge in [-0.05, 0) is 48.7 Å². The van der Waals surface area contributed by atoms with Gasteiger partial charge < -0.3 is 29.4 Å². The van der Waals surface area contributed by atoms with E-state index in [0.717, 1.165) is 12.8 Å². The third-order valence-electron chi connectivity index (χ3n) is 9.12. The molecule has 4 aliphatic heterocycles. The lowest BCUT2D eigenvalue weighted by Gasteiger charge is -2.37. The first-order valence-electron chi connectivity index (χ1n) is 15.6. The largest absolute Gasteiger partial charge is 0.472 e. The molecule has 2 unspecified atom stereocenters. The van der Waals surface area contributed by atoms with Gasteiger partial charge in [-0.25, -0.2) is 14.2 Å². The SMILES string of the molecule is CN/N=C1\C(=N)N=CC=C1c1cc(Cl)c(C(=O)N2COc3c(cccc3-c3cc(N4C5CCC4COC5)c(C(=O)OC)cc3F)C2)c(Cl)c1. The number of methoxy groups -OCH3 is 1. The number of fused-ring (bicyclic) bond motifs is 3. The Morgan fingerprint density at radius 2 is 1.84 bits per heavy atom. The summed E-state index contributed by atoms with van der Waals surface area (Å²) in [6.07, 6.45) is 4.98. The molecular weight excluding hydrogens is 674 g/mol. The number of rotatable bonds is 6. The molecule has 2 N–H and O–H groups in total. The Morgan fingerprint density at radius 3 is 2.53 bits per heavy atom. The van der Waals surface area contributed by atoms with Crippen LogP contribution in [0.3, 0.4) is 0 Å². The van der Waals surface area contributed by atoms with Crippen LogP contribution in [-0.4, -0.2) is 80.7 Å². The quantitative estimate of drug-likeness (QED) is 0.239. The number of benzene rings is 3. The van der Waals surface area contributed by atoms with Gasteiger partial charge in [-0.3, -0.25) is 10.2 Å². The number of dihydropyridines is 1. The molecule has 2 atom stereocenters. The highest BCUT2D eigenvalue weighted by Gasteiger charge is 2.40. The summed E-state index contributed by atoms with van der Waals surface area (Å²) in [4.78, 5) is 34.2. The van der Waals surface area contributed by atoms with E-state index in [9.17, 15) is 9.59 Å². The number of allylic oxidation sites excluding steroid dienone is 1. The van der Waals surface area contributed by atoms with Crippen molar-refractivity contribution in [1.29, 1.82) is 5.41 Å². The number of morpholine rings is 1. The number of hydrogen-bond donors (Lipinski definition) is 2. The average molecular weight is 706 g/mol. The van der Waals surface area contributed by atoms with Crippen molar-refractivity contribution in [1.82, 2.24) is 10.3 Å². The molecular formula is C35H31Cl2FN6O5. The molecule has 0 aromatic heterocycles. The first kappa shape index (κ1) is 32.8. The Hall–Kier alpha value is -4.78. The van der Waals surface area contributed by atoms with E-state index in [0.29, 0.717) is 52.6 Å². The normalized spacial score (nSPS) is 20.6. The summed E-state index contributed by atoms with van der Waals surface area (Å²) in [6, 6.07) is 11.6. The summed E-state index contributed by atoms with van der Waals surface area (Å²) in [5.74, 6) is -1.27. The van der Waals surface area contributed by atoms with E-state index in [4.69, 9.17) is 42.8 Å². The number of halogens is 3. The Bertz CT molecular complexity index is 1960. The molecule has 4 aliphatic rings. The number of nitrogens with one attached hydrogen (secondary N) is 2. The number of hydrogen-bond acceptors (Lipinski definition) is 9. The van der Waals surface area contributed by atoms with E-state index >= 15 is 4.39 Å². The third-order valence-corrected chi connectivity index (χ3v) is 9.72. The van der Waals surface area contributed by atoms with Crippen molar-refractivity contribution in [2.75, 3.05) is 39.0 Å². The van der Waals surface area contributed by atoms with Crippen LogP contribution in [0.4, 0.5) is 10.1 Å². The van der Waals surface area contributed by atoms with Gasteiger partial charge in [0.15, 0.2) is 12.6 Å². The van der Waals surface area contributed by atoms with Crippen LogP contribution in [0.25, 0.3) is 16.7 Å². The lowest BCUT2D eigenvalue weighted by molar-refractivity contribution is 0.0515. The molecule has 0 aliphatic carbocycles. The smallest absolute Gasteiger partial charge is 0.340 e. The van der Waals surface area contributed by atoms with E-state index in [1.165, 1.54) is 24.3 Å². The molecule has 1 amide bonds. The summed E-state index contributed by atoms with van der Waals surface area (Å²) in [7, 11) is 2.89. The maximum Gasteiger partial charge on any atom is 0.340 e. The van der Waals surface area contributed by atoms with Crippen LogP contribution in [0, 0.1) is 11.2 Å². The predicted molar refractivity (Wildman–Crippen MR) is 186 cm³/mol. The zero-order chi connectivity index (χ0) is 34.4. The Kier molecular flexibility index (Phi) is 8.86. The highest BCUT2D eigenvalue weighted by molar-refractivity contribution is 6.59. The third kappa shape index (κ3) is 5.83. The van der Waals surface area contributed by atoms with E-state index < -0.39 is 17.7 Å². The molecule has 49 heavy (non-hydrogen) atoms. The number of amides is 1. The van der Waals surface area contributed by atoms with Gasteiger partial charge in [-0.1, -0.05) is 41.4 Å². The fourth-order valence-electron chi connectivity index (χ4n) is 6.90. The number of anilines is 1. The van der Waals surface area contributed by atoms with Gasteiger partial charge in [-0.2, -0.15) is 5.10 Å². The minimum atomic E-state index is -0.618. The van der Waals surface area contributed by atoms with Crippen LogP contribution in [-0.2, 0) is 16.0 Å². The molecule has 0 saturated carbocycles. The second kappa shape index (κ2) is 13.3. The van der Waals surface area contributed by atoms with Crippen LogP contribution in [0.2, 0.25) is 10.0 Å². The maximum absolute atomic E-state index is 15.9. The number of ether oxygens (including phenoxy) is 3. The minimum Gasteiger partial charge on any atom is -0.472 e. The average Bonchev–Trinajstić information content (AvgIpc) is 3.34. The Labute approximate surface area is 291 Å². The number of aliphatic imine (C=N–C) groups is 1. The molecule has 3 aromatic carbocycles. The Balaban J connectivity index is 1.19. The van der Waals surface area contributed by atoms with E-state index in [1.54, 1.807) is 43.5 Å². The van der Waals surface area contributed by atoms with Crippen molar-refractivity contribution in [2.24, 2.45) is 10.1 Å². The van der Waals surface area contributed by atoms with Gasteiger partial charge in [-0.15, -0.1) is 0 Å². The summed E-state index contributed by atoms with van der Waals surface area (Å²) in [6.45, 7) is 1.06. The van der Waals surface area contributed by atoms with Gasteiger partial charge in [0.1, 0.15) is 17.3 Å². The lowest BCUT2D eigenvalue weighted by atomic mass is 9.96. The first-order valence-corrected chi connectivity index (χ1v) is 16.4.